The van der Waals surface area contributed by atoms with Crippen molar-refractivity contribution in [2.24, 2.45) is 5.92 Å². The summed E-state index contributed by atoms with van der Waals surface area (Å²) in [6.45, 7) is 6.20. The van der Waals surface area contributed by atoms with Gasteiger partial charge in [0.05, 0.1) is 16.5 Å². The predicted molar refractivity (Wildman–Crippen MR) is 204 cm³/mol. The maximum Gasteiger partial charge on any atom is 0.410 e. The SMILES string of the molecule is CC(C)(C)OC(=O)N1CCC[C@H](C(=O)Nc2nn(C(c3ccccc3)(c3ccccc3)c3ccccc3)c3ccc(-c4c(F)cccc4Cl)cc23)C1. The third-order valence-corrected chi connectivity index (χ3v) is 9.82. The van der Waals surface area contributed by atoms with Crippen LogP contribution >= 0.6 is 11.6 Å². The van der Waals surface area contributed by atoms with E-state index < -0.39 is 29.0 Å². The van der Waals surface area contributed by atoms with Crippen molar-refractivity contribution < 1.29 is 18.7 Å². The van der Waals surface area contributed by atoms with Crippen molar-refractivity contribution in [3.05, 3.63) is 155 Å². The van der Waals surface area contributed by atoms with Gasteiger partial charge in [0.25, 0.3) is 0 Å². The molecule has 1 saturated heterocycles. The Morgan fingerprint density at radius 2 is 1.42 bits per heavy atom. The molecule has 1 atom stereocenters. The van der Waals surface area contributed by atoms with Crippen LogP contribution in [0.5, 0.6) is 0 Å². The van der Waals surface area contributed by atoms with E-state index in [4.69, 9.17) is 21.4 Å². The summed E-state index contributed by atoms with van der Waals surface area (Å²) in [5.74, 6) is -0.899. The zero-order valence-electron chi connectivity index (χ0n) is 29.4. The van der Waals surface area contributed by atoms with E-state index >= 15 is 4.39 Å². The normalized spacial score (nSPS) is 15.0. The molecule has 0 unspecified atom stereocenters. The highest BCUT2D eigenvalue weighted by molar-refractivity contribution is 6.33. The number of fused-ring (bicyclic) bond motifs is 1. The molecule has 264 valence electrons. The van der Waals surface area contributed by atoms with Crippen molar-refractivity contribution in [3.63, 3.8) is 0 Å². The first kappa shape index (κ1) is 35.0. The van der Waals surface area contributed by atoms with E-state index in [1.807, 2.05) is 98.2 Å². The summed E-state index contributed by atoms with van der Waals surface area (Å²) in [5.41, 5.74) is 2.74. The number of anilines is 1. The fourth-order valence-electron chi connectivity index (χ4n) is 7.20. The second kappa shape index (κ2) is 14.3. The Morgan fingerprint density at radius 3 is 1.98 bits per heavy atom. The van der Waals surface area contributed by atoms with Crippen molar-refractivity contribution in [1.82, 2.24) is 14.7 Å². The highest BCUT2D eigenvalue weighted by Crippen LogP contribution is 2.44. The van der Waals surface area contributed by atoms with Gasteiger partial charge in [0.1, 0.15) is 17.0 Å². The second-order valence-electron chi connectivity index (χ2n) is 14.2. The molecule has 0 bridgehead atoms. The Labute approximate surface area is 308 Å². The smallest absolute Gasteiger partial charge is 0.410 e. The minimum atomic E-state index is -0.986. The summed E-state index contributed by atoms with van der Waals surface area (Å²) in [6.07, 6.45) is 0.813. The first-order valence-electron chi connectivity index (χ1n) is 17.5. The van der Waals surface area contributed by atoms with Crippen molar-refractivity contribution in [1.29, 1.82) is 0 Å². The number of amides is 2. The Balaban J connectivity index is 1.42. The fourth-order valence-corrected chi connectivity index (χ4v) is 7.47. The monoisotopic (exact) mass is 714 g/mol. The van der Waals surface area contributed by atoms with Crippen LogP contribution in [0.25, 0.3) is 22.0 Å². The fraction of sp³-hybridized carbons (Fsp3) is 0.233. The topological polar surface area (TPSA) is 76.5 Å². The van der Waals surface area contributed by atoms with Crippen LogP contribution in [0.4, 0.5) is 15.0 Å². The molecule has 1 aliphatic rings. The Morgan fingerprint density at radius 1 is 0.827 bits per heavy atom. The summed E-state index contributed by atoms with van der Waals surface area (Å²) in [5, 5.41) is 9.28. The van der Waals surface area contributed by atoms with Gasteiger partial charge in [0, 0.05) is 24.0 Å². The number of halogens is 2. The summed E-state index contributed by atoms with van der Waals surface area (Å²) in [4.78, 5) is 28.7. The molecular weight excluding hydrogens is 675 g/mol. The van der Waals surface area contributed by atoms with Crippen molar-refractivity contribution in [3.8, 4) is 11.1 Å². The number of benzene rings is 5. The van der Waals surface area contributed by atoms with Gasteiger partial charge in [0.2, 0.25) is 5.91 Å². The van der Waals surface area contributed by atoms with Gasteiger partial charge < -0.3 is 15.0 Å². The van der Waals surface area contributed by atoms with Gasteiger partial charge in [-0.05, 0) is 80.1 Å². The molecular formula is C43H40ClFN4O3. The van der Waals surface area contributed by atoms with E-state index in [1.54, 1.807) is 17.0 Å². The van der Waals surface area contributed by atoms with Crippen LogP contribution < -0.4 is 5.32 Å². The molecule has 7 rings (SSSR count). The maximum absolute atomic E-state index is 15.3. The number of likely N-dealkylation sites (tertiary alicyclic amines) is 1. The number of hydrogen-bond donors (Lipinski definition) is 1. The number of ether oxygens (including phenoxy) is 1. The summed E-state index contributed by atoms with van der Waals surface area (Å²) < 4.78 is 22.9. The molecule has 0 aliphatic carbocycles. The van der Waals surface area contributed by atoms with Crippen LogP contribution in [-0.2, 0) is 15.1 Å². The van der Waals surface area contributed by atoms with Gasteiger partial charge in [-0.15, -0.1) is 0 Å². The molecule has 52 heavy (non-hydrogen) atoms. The van der Waals surface area contributed by atoms with Gasteiger partial charge in [-0.3, -0.25) is 4.79 Å². The van der Waals surface area contributed by atoms with Crippen LogP contribution in [0, 0.1) is 11.7 Å². The zero-order chi connectivity index (χ0) is 36.5. The van der Waals surface area contributed by atoms with Gasteiger partial charge in [-0.25, -0.2) is 13.9 Å². The van der Waals surface area contributed by atoms with Crippen molar-refractivity contribution in [2.45, 2.75) is 44.8 Å². The molecule has 1 N–H and O–H groups in total. The van der Waals surface area contributed by atoms with Crippen LogP contribution in [-0.4, -0.2) is 45.4 Å². The van der Waals surface area contributed by atoms with E-state index in [0.29, 0.717) is 41.7 Å². The quantitative estimate of drug-likeness (QED) is 0.167. The van der Waals surface area contributed by atoms with Crippen LogP contribution in [0.1, 0.15) is 50.3 Å². The number of hydrogen-bond acceptors (Lipinski definition) is 4. The predicted octanol–water partition coefficient (Wildman–Crippen LogP) is 9.92. The number of nitrogens with zero attached hydrogens (tertiary/aromatic N) is 3. The van der Waals surface area contributed by atoms with Gasteiger partial charge in [0.15, 0.2) is 5.82 Å². The lowest BCUT2D eigenvalue weighted by Crippen LogP contribution is -2.45. The van der Waals surface area contributed by atoms with Gasteiger partial charge in [-0.2, -0.15) is 5.10 Å². The molecule has 1 fully saturated rings. The highest BCUT2D eigenvalue weighted by atomic mass is 35.5. The highest BCUT2D eigenvalue weighted by Gasteiger charge is 2.41. The van der Waals surface area contributed by atoms with Crippen LogP contribution in [0.15, 0.2) is 127 Å². The number of carbonyl (C=O) groups is 2. The Kier molecular flexibility index (Phi) is 9.60. The largest absolute Gasteiger partial charge is 0.444 e. The maximum atomic E-state index is 15.3. The lowest BCUT2D eigenvalue weighted by atomic mass is 9.77. The lowest BCUT2D eigenvalue weighted by molar-refractivity contribution is -0.121. The number of piperidine rings is 1. The number of nitrogens with one attached hydrogen (secondary N) is 1. The third kappa shape index (κ3) is 6.66. The van der Waals surface area contributed by atoms with E-state index in [2.05, 4.69) is 41.7 Å². The van der Waals surface area contributed by atoms with Gasteiger partial charge >= 0.3 is 6.09 Å². The molecule has 0 saturated carbocycles. The van der Waals surface area contributed by atoms with E-state index in [0.717, 1.165) is 16.7 Å². The molecule has 1 aromatic heterocycles. The molecule has 9 heteroatoms. The molecule has 5 aromatic carbocycles. The summed E-state index contributed by atoms with van der Waals surface area (Å²) in [7, 11) is 0. The summed E-state index contributed by atoms with van der Waals surface area (Å²) >= 11 is 6.57. The number of aromatic nitrogens is 2. The Bertz CT molecular complexity index is 2100. The van der Waals surface area contributed by atoms with E-state index in [1.165, 1.54) is 6.07 Å². The third-order valence-electron chi connectivity index (χ3n) is 9.51. The molecule has 2 heterocycles. The minimum absolute atomic E-state index is 0.220. The number of rotatable bonds is 7. The van der Waals surface area contributed by atoms with Crippen LogP contribution in [0.2, 0.25) is 5.02 Å². The standard InChI is InChI=1S/C43H40ClFN4O3/c1-42(2,3)52-41(51)48-26-14-15-30(28-48)40(50)46-39-34-27-29(38-35(44)22-13-23-36(38)45)24-25-37(34)49(47-39)43(31-16-7-4-8-17-31,32-18-9-5-10-19-32)33-20-11-6-12-21-33/h4-13,16-25,27,30H,14-15,26,28H2,1-3H3,(H,46,47,50)/t30-/m0/s1. The van der Waals surface area contributed by atoms with E-state index in [-0.39, 0.29) is 23.0 Å². The summed E-state index contributed by atoms with van der Waals surface area (Å²) in [6, 6.07) is 40.6. The molecule has 2 amide bonds. The minimum Gasteiger partial charge on any atom is -0.444 e. The first-order valence-corrected chi connectivity index (χ1v) is 17.9. The average molecular weight is 715 g/mol. The molecule has 0 radical (unpaired) electrons. The lowest BCUT2D eigenvalue weighted by Gasteiger charge is -2.37. The van der Waals surface area contributed by atoms with E-state index in [9.17, 15) is 9.59 Å². The van der Waals surface area contributed by atoms with Crippen molar-refractivity contribution >= 4 is 40.3 Å². The number of carbonyl (C=O) groups excluding carboxylic acids is 2. The Hall–Kier alpha value is -5.47. The first-order chi connectivity index (χ1) is 25.1. The molecule has 6 aromatic rings. The molecule has 1 aliphatic heterocycles. The molecule has 0 spiro atoms. The van der Waals surface area contributed by atoms with Crippen LogP contribution in [0.3, 0.4) is 0 Å². The zero-order valence-corrected chi connectivity index (χ0v) is 30.1. The average Bonchev–Trinajstić information content (AvgIpc) is 3.50. The van der Waals surface area contributed by atoms with Crippen molar-refractivity contribution in [2.75, 3.05) is 18.4 Å². The molecule has 7 nitrogen and oxygen atoms in total. The second-order valence-corrected chi connectivity index (χ2v) is 14.6. The van der Waals surface area contributed by atoms with Gasteiger partial charge in [-0.1, -0.05) is 115 Å².